The number of carbonyl (C=O) groups is 2. The molecular formula is C26H31NO4. The third kappa shape index (κ3) is 4.46. The van der Waals surface area contributed by atoms with E-state index in [1.165, 1.54) is 22.3 Å². The van der Waals surface area contributed by atoms with Gasteiger partial charge in [-0.1, -0.05) is 69.3 Å². The van der Waals surface area contributed by atoms with Crippen LogP contribution in [-0.4, -0.2) is 29.8 Å². The maximum Gasteiger partial charge on any atom is 0.407 e. The standard InChI is InChI=1S/C26H31NO4/c1-15(2)12-24(22-13-21(22)16(3)25(28)29)27-26(30)31-14-23-19-10-6-4-8-17(19)18-9-5-7-11-20(18)23/h4-11,15-16,21-24H,12-14H2,1-3H3,(H,27,30)(H,28,29)/t16-,21-,22-,24+/m0/s1. The lowest BCUT2D eigenvalue weighted by atomic mass is 9.95. The molecule has 4 rings (SSSR count). The Kier molecular flexibility index (Phi) is 6.03. The van der Waals surface area contributed by atoms with Gasteiger partial charge >= 0.3 is 12.1 Å². The van der Waals surface area contributed by atoms with Crippen LogP contribution in [0.25, 0.3) is 11.1 Å². The van der Waals surface area contributed by atoms with Crippen molar-refractivity contribution in [3.05, 3.63) is 59.7 Å². The van der Waals surface area contributed by atoms with Crippen molar-refractivity contribution in [3.63, 3.8) is 0 Å². The molecular weight excluding hydrogens is 390 g/mol. The van der Waals surface area contributed by atoms with Crippen LogP contribution in [-0.2, 0) is 9.53 Å². The molecule has 2 aliphatic carbocycles. The molecule has 2 aliphatic rings. The van der Waals surface area contributed by atoms with Crippen LogP contribution in [0.3, 0.4) is 0 Å². The lowest BCUT2D eigenvalue weighted by Gasteiger charge is -2.22. The minimum absolute atomic E-state index is 0.0300. The molecule has 2 aromatic rings. The highest BCUT2D eigenvalue weighted by molar-refractivity contribution is 5.79. The fourth-order valence-electron chi connectivity index (χ4n) is 5.10. The Hall–Kier alpha value is -2.82. The average molecular weight is 422 g/mol. The first-order valence-corrected chi connectivity index (χ1v) is 11.2. The molecule has 0 aliphatic heterocycles. The van der Waals surface area contributed by atoms with Crippen LogP contribution >= 0.6 is 0 Å². The molecule has 2 aromatic carbocycles. The summed E-state index contributed by atoms with van der Waals surface area (Å²) in [5, 5.41) is 12.4. The van der Waals surface area contributed by atoms with Gasteiger partial charge in [0, 0.05) is 12.0 Å². The maximum atomic E-state index is 12.7. The zero-order chi connectivity index (χ0) is 22.1. The van der Waals surface area contributed by atoms with Crippen LogP contribution in [0.2, 0.25) is 0 Å². The van der Waals surface area contributed by atoms with E-state index in [2.05, 4.69) is 43.4 Å². The minimum atomic E-state index is -0.767. The van der Waals surface area contributed by atoms with E-state index in [0.29, 0.717) is 5.92 Å². The summed E-state index contributed by atoms with van der Waals surface area (Å²) < 4.78 is 5.71. The van der Waals surface area contributed by atoms with Gasteiger partial charge in [0.05, 0.1) is 5.92 Å². The predicted octanol–water partition coefficient (Wildman–Crippen LogP) is 5.30. The zero-order valence-corrected chi connectivity index (χ0v) is 18.4. The monoisotopic (exact) mass is 421 g/mol. The number of alkyl carbamates (subject to hydrolysis) is 1. The summed E-state index contributed by atoms with van der Waals surface area (Å²) in [4.78, 5) is 24.0. The molecule has 1 saturated carbocycles. The first-order valence-electron chi connectivity index (χ1n) is 11.2. The summed E-state index contributed by atoms with van der Waals surface area (Å²) in [7, 11) is 0. The number of carbonyl (C=O) groups excluding carboxylic acids is 1. The van der Waals surface area contributed by atoms with Gasteiger partial charge in [0.15, 0.2) is 0 Å². The number of carboxylic acid groups (broad SMARTS) is 1. The molecule has 5 heteroatoms. The highest BCUT2D eigenvalue weighted by atomic mass is 16.5. The summed E-state index contributed by atoms with van der Waals surface area (Å²) in [6, 6.07) is 16.5. The number of carboxylic acids is 1. The summed E-state index contributed by atoms with van der Waals surface area (Å²) in [6.07, 6.45) is 1.24. The number of benzene rings is 2. The molecule has 0 heterocycles. The molecule has 0 aromatic heterocycles. The summed E-state index contributed by atoms with van der Waals surface area (Å²) >= 11 is 0. The predicted molar refractivity (Wildman–Crippen MR) is 120 cm³/mol. The first-order chi connectivity index (χ1) is 14.9. The third-order valence-corrected chi connectivity index (χ3v) is 6.81. The topological polar surface area (TPSA) is 75.6 Å². The van der Waals surface area contributed by atoms with Gasteiger partial charge in [-0.05, 0) is 52.8 Å². The van der Waals surface area contributed by atoms with Crippen LogP contribution in [0.1, 0.15) is 50.7 Å². The quantitative estimate of drug-likeness (QED) is 0.607. The fourth-order valence-corrected chi connectivity index (χ4v) is 5.10. The Balaban J connectivity index is 1.41. The average Bonchev–Trinajstić information content (AvgIpc) is 3.48. The van der Waals surface area contributed by atoms with Crippen molar-refractivity contribution in [2.45, 2.75) is 45.6 Å². The van der Waals surface area contributed by atoms with Crippen LogP contribution in [0.4, 0.5) is 4.79 Å². The van der Waals surface area contributed by atoms with E-state index in [1.54, 1.807) is 6.92 Å². The van der Waals surface area contributed by atoms with Crippen molar-refractivity contribution in [2.24, 2.45) is 23.7 Å². The molecule has 5 nitrogen and oxygen atoms in total. The van der Waals surface area contributed by atoms with Gasteiger partial charge in [0.25, 0.3) is 0 Å². The van der Waals surface area contributed by atoms with Gasteiger partial charge in [-0.15, -0.1) is 0 Å². The highest BCUT2D eigenvalue weighted by Gasteiger charge is 2.48. The van der Waals surface area contributed by atoms with E-state index in [9.17, 15) is 14.7 Å². The Morgan fingerprint density at radius 3 is 2.13 bits per heavy atom. The van der Waals surface area contributed by atoms with Crippen LogP contribution in [0, 0.1) is 23.7 Å². The lowest BCUT2D eigenvalue weighted by Crippen LogP contribution is -2.39. The van der Waals surface area contributed by atoms with Crippen molar-refractivity contribution in [3.8, 4) is 11.1 Å². The van der Waals surface area contributed by atoms with Gasteiger partial charge in [0.2, 0.25) is 0 Å². The van der Waals surface area contributed by atoms with E-state index in [4.69, 9.17) is 4.74 Å². The Morgan fingerprint density at radius 1 is 1.00 bits per heavy atom. The summed E-state index contributed by atoms with van der Waals surface area (Å²) in [5.74, 6) is -0.396. The molecule has 31 heavy (non-hydrogen) atoms. The minimum Gasteiger partial charge on any atom is -0.481 e. The maximum absolute atomic E-state index is 12.7. The first kappa shape index (κ1) is 21.4. The van der Waals surface area contributed by atoms with E-state index in [0.717, 1.165) is 12.8 Å². The molecule has 4 atom stereocenters. The number of nitrogens with one attached hydrogen (secondary N) is 1. The second kappa shape index (κ2) is 8.74. The van der Waals surface area contributed by atoms with E-state index >= 15 is 0 Å². The number of hydrogen-bond acceptors (Lipinski definition) is 3. The van der Waals surface area contributed by atoms with Crippen molar-refractivity contribution in [2.75, 3.05) is 6.61 Å². The van der Waals surface area contributed by atoms with Crippen LogP contribution in [0.15, 0.2) is 48.5 Å². The van der Waals surface area contributed by atoms with Crippen LogP contribution in [0.5, 0.6) is 0 Å². The highest BCUT2D eigenvalue weighted by Crippen LogP contribution is 2.48. The molecule has 1 fully saturated rings. The number of rotatable bonds is 8. The molecule has 164 valence electrons. The van der Waals surface area contributed by atoms with E-state index < -0.39 is 12.1 Å². The van der Waals surface area contributed by atoms with Crippen molar-refractivity contribution < 1.29 is 19.4 Å². The molecule has 0 unspecified atom stereocenters. The van der Waals surface area contributed by atoms with Crippen molar-refractivity contribution >= 4 is 12.1 Å². The molecule has 0 radical (unpaired) electrons. The smallest absolute Gasteiger partial charge is 0.407 e. The Morgan fingerprint density at radius 2 is 1.58 bits per heavy atom. The number of hydrogen-bond donors (Lipinski definition) is 2. The number of aliphatic carboxylic acids is 1. The van der Waals surface area contributed by atoms with Gasteiger partial charge in [-0.25, -0.2) is 4.79 Å². The largest absolute Gasteiger partial charge is 0.481 e. The second-order valence-electron chi connectivity index (χ2n) is 9.40. The summed E-state index contributed by atoms with van der Waals surface area (Å²) in [5.41, 5.74) is 4.78. The molecule has 0 bridgehead atoms. The zero-order valence-electron chi connectivity index (χ0n) is 18.4. The fraction of sp³-hybridized carbons (Fsp3) is 0.462. The van der Waals surface area contributed by atoms with Crippen molar-refractivity contribution in [1.29, 1.82) is 0 Å². The summed E-state index contributed by atoms with van der Waals surface area (Å²) in [6.45, 7) is 6.27. The van der Waals surface area contributed by atoms with Gasteiger partial charge in [0.1, 0.15) is 6.61 Å². The van der Waals surface area contributed by atoms with Gasteiger partial charge < -0.3 is 15.2 Å². The molecule has 2 N–H and O–H groups in total. The Bertz CT molecular complexity index is 924. The number of ether oxygens (including phenoxy) is 1. The molecule has 0 saturated heterocycles. The van der Waals surface area contributed by atoms with Crippen molar-refractivity contribution in [1.82, 2.24) is 5.32 Å². The molecule has 0 spiro atoms. The van der Waals surface area contributed by atoms with E-state index in [1.807, 2.05) is 24.3 Å². The molecule has 1 amide bonds. The van der Waals surface area contributed by atoms with Gasteiger partial charge in [-0.2, -0.15) is 0 Å². The number of amides is 1. The SMILES string of the molecule is CC(C)C[C@@H](NC(=O)OCC1c2ccccc2-c2ccccc21)[C@H]1C[C@H]1[C@H](C)C(=O)O. The lowest BCUT2D eigenvalue weighted by molar-refractivity contribution is -0.141. The normalized spacial score (nSPS) is 21.2. The Labute approximate surface area is 183 Å². The number of fused-ring (bicyclic) bond motifs is 3. The third-order valence-electron chi connectivity index (χ3n) is 6.81. The van der Waals surface area contributed by atoms with Gasteiger partial charge in [-0.3, -0.25) is 4.79 Å². The second-order valence-corrected chi connectivity index (χ2v) is 9.40. The van der Waals surface area contributed by atoms with Crippen LogP contribution < -0.4 is 5.32 Å². The van der Waals surface area contributed by atoms with E-state index in [-0.39, 0.29) is 36.3 Å².